The number of thiophene rings is 2. The number of hydrogen-bond donors (Lipinski definition) is 0. The number of unbranched alkanes of at least 4 members (excludes halogenated alkanes) is 6. The van der Waals surface area contributed by atoms with Gasteiger partial charge in [-0.3, -0.25) is 0 Å². The largest absolute Gasteiger partial charge is 0.134 e. The Hall–Kier alpha value is -2.16. The zero-order valence-corrected chi connectivity index (χ0v) is 22.4. The van der Waals surface area contributed by atoms with Crippen LogP contribution in [-0.2, 0) is 12.8 Å². The Morgan fingerprint density at radius 2 is 1.00 bits per heavy atom. The molecule has 0 nitrogen and oxygen atoms in total. The van der Waals surface area contributed by atoms with Crippen LogP contribution in [0.3, 0.4) is 0 Å². The Labute approximate surface area is 214 Å². The summed E-state index contributed by atoms with van der Waals surface area (Å²) in [6, 6.07) is 26.9. The van der Waals surface area contributed by atoms with Crippen molar-refractivity contribution in [1.82, 2.24) is 0 Å². The molecule has 2 heterocycles. The van der Waals surface area contributed by atoms with Crippen LogP contribution in [0.1, 0.15) is 76.3 Å². The van der Waals surface area contributed by atoms with Gasteiger partial charge in [-0.2, -0.15) is 0 Å². The molecule has 2 aromatic heterocycles. The van der Waals surface area contributed by atoms with E-state index in [1.807, 2.05) is 22.7 Å². The quantitative estimate of drug-likeness (QED) is 0.165. The van der Waals surface area contributed by atoms with E-state index in [9.17, 15) is 0 Å². The van der Waals surface area contributed by atoms with Gasteiger partial charge in [0, 0.05) is 19.5 Å². The highest BCUT2D eigenvalue weighted by Crippen LogP contribution is 2.45. The van der Waals surface area contributed by atoms with Gasteiger partial charge in [0.2, 0.25) is 0 Å². The normalized spacial score (nSPS) is 11.2. The first kappa shape index (κ1) is 24.9. The van der Waals surface area contributed by atoms with Gasteiger partial charge in [-0.05, 0) is 60.1 Å². The lowest BCUT2D eigenvalue weighted by Gasteiger charge is -2.03. The van der Waals surface area contributed by atoms with Crippen molar-refractivity contribution in [3.63, 3.8) is 0 Å². The van der Waals surface area contributed by atoms with Gasteiger partial charge >= 0.3 is 0 Å². The van der Waals surface area contributed by atoms with E-state index in [0.29, 0.717) is 0 Å². The third-order valence-electron chi connectivity index (χ3n) is 6.54. The molecule has 0 aliphatic heterocycles. The van der Waals surface area contributed by atoms with E-state index in [4.69, 9.17) is 0 Å². The van der Waals surface area contributed by atoms with Crippen LogP contribution in [-0.4, -0.2) is 0 Å². The van der Waals surface area contributed by atoms with Crippen LogP contribution in [0.25, 0.3) is 30.6 Å². The average Bonchev–Trinajstić information content (AvgIpc) is 3.50. The molecular weight excluding hydrogens is 448 g/mol. The maximum Gasteiger partial charge on any atom is 0.0481 e. The molecule has 0 fully saturated rings. The number of rotatable bonds is 13. The highest BCUT2D eigenvalue weighted by molar-refractivity contribution is 7.25. The summed E-state index contributed by atoms with van der Waals surface area (Å²) in [4.78, 5) is 5.83. The molecule has 0 radical (unpaired) electrons. The van der Waals surface area contributed by atoms with Crippen molar-refractivity contribution in [2.24, 2.45) is 0 Å². The summed E-state index contributed by atoms with van der Waals surface area (Å²) in [6.07, 6.45) is 12.9. The Morgan fingerprint density at radius 1 is 0.500 bits per heavy atom. The van der Waals surface area contributed by atoms with Gasteiger partial charge in [0.1, 0.15) is 0 Å². The molecule has 0 amide bonds. The second kappa shape index (κ2) is 13.1. The highest BCUT2D eigenvalue weighted by atomic mass is 32.1. The predicted molar refractivity (Wildman–Crippen MR) is 154 cm³/mol. The van der Waals surface area contributed by atoms with E-state index in [1.54, 1.807) is 5.56 Å². The third-order valence-corrected chi connectivity index (χ3v) is 9.17. The van der Waals surface area contributed by atoms with Crippen molar-refractivity contribution in [3.8, 4) is 30.6 Å². The van der Waals surface area contributed by atoms with Gasteiger partial charge in [-0.1, -0.05) is 113 Å². The molecule has 34 heavy (non-hydrogen) atoms. The maximum absolute atomic E-state index is 2.52. The summed E-state index contributed by atoms with van der Waals surface area (Å²) in [5.41, 5.74) is 5.79. The van der Waals surface area contributed by atoms with Crippen LogP contribution in [0.2, 0.25) is 0 Å². The smallest absolute Gasteiger partial charge is 0.0481 e. The molecule has 0 bridgehead atoms. The van der Waals surface area contributed by atoms with E-state index >= 15 is 0 Å². The molecule has 0 spiro atoms. The molecule has 0 aliphatic rings. The second-order valence-electron chi connectivity index (χ2n) is 9.28. The van der Waals surface area contributed by atoms with Crippen molar-refractivity contribution < 1.29 is 0 Å². The Morgan fingerprint density at radius 3 is 1.59 bits per heavy atom. The molecule has 4 aromatic rings. The van der Waals surface area contributed by atoms with E-state index in [1.165, 1.54) is 100 Å². The van der Waals surface area contributed by atoms with Crippen LogP contribution in [0.4, 0.5) is 0 Å². The molecule has 0 N–H and O–H groups in total. The van der Waals surface area contributed by atoms with Crippen molar-refractivity contribution in [3.05, 3.63) is 83.9 Å². The fraction of sp³-hybridized carbons (Fsp3) is 0.375. The fourth-order valence-electron chi connectivity index (χ4n) is 4.61. The lowest BCUT2D eigenvalue weighted by atomic mass is 10.0. The molecular formula is C32H38S2. The van der Waals surface area contributed by atoms with Crippen LogP contribution < -0.4 is 0 Å². The zero-order chi connectivity index (χ0) is 23.6. The summed E-state index contributed by atoms with van der Waals surface area (Å²) < 4.78 is 0. The van der Waals surface area contributed by atoms with Crippen molar-refractivity contribution in [2.75, 3.05) is 0 Å². The average molecular weight is 487 g/mol. The molecule has 2 heteroatoms. The summed E-state index contributed by atoms with van der Waals surface area (Å²) >= 11 is 4.00. The van der Waals surface area contributed by atoms with Gasteiger partial charge < -0.3 is 0 Å². The molecule has 0 atom stereocenters. The van der Waals surface area contributed by atoms with Gasteiger partial charge in [0.15, 0.2) is 0 Å². The van der Waals surface area contributed by atoms with Crippen LogP contribution in [0, 0.1) is 0 Å². The standard InChI is InChI=1S/C32H38S2/c1-3-5-7-11-21-27-24-30(34-31(27)26-19-15-10-16-20-26)32-28(22-12-8-6-4-2)23-29(33-32)25-17-13-9-14-18-25/h9-10,13-20,23-24H,3-8,11-12,21-22H2,1-2H3. The van der Waals surface area contributed by atoms with Crippen LogP contribution >= 0.6 is 22.7 Å². The molecule has 2 aromatic carbocycles. The van der Waals surface area contributed by atoms with E-state index in [2.05, 4.69) is 86.6 Å². The Bertz CT molecular complexity index is 1120. The molecule has 0 unspecified atom stereocenters. The van der Waals surface area contributed by atoms with Gasteiger partial charge in [0.25, 0.3) is 0 Å². The minimum atomic E-state index is 1.18. The molecule has 0 aliphatic carbocycles. The first-order valence-corrected chi connectivity index (χ1v) is 14.8. The van der Waals surface area contributed by atoms with E-state index in [-0.39, 0.29) is 0 Å². The molecule has 178 valence electrons. The van der Waals surface area contributed by atoms with E-state index < -0.39 is 0 Å². The minimum absolute atomic E-state index is 1.18. The first-order valence-electron chi connectivity index (χ1n) is 13.2. The van der Waals surface area contributed by atoms with Gasteiger partial charge in [-0.15, -0.1) is 22.7 Å². The molecule has 0 saturated heterocycles. The number of hydrogen-bond acceptors (Lipinski definition) is 2. The third kappa shape index (κ3) is 6.49. The SMILES string of the molecule is CCCCCCc1cc(-c2sc(-c3ccccc3)cc2CCCCCC)sc1-c1ccccc1. The maximum atomic E-state index is 2.52. The van der Waals surface area contributed by atoms with Gasteiger partial charge in [-0.25, -0.2) is 0 Å². The fourth-order valence-corrected chi connectivity index (χ4v) is 7.18. The predicted octanol–water partition coefficient (Wildman–Crippen LogP) is 11.1. The first-order chi connectivity index (χ1) is 16.8. The molecule has 4 rings (SSSR count). The summed E-state index contributed by atoms with van der Waals surface area (Å²) in [7, 11) is 0. The second-order valence-corrected chi connectivity index (χ2v) is 11.4. The van der Waals surface area contributed by atoms with Crippen molar-refractivity contribution in [1.29, 1.82) is 0 Å². The number of benzene rings is 2. The lowest BCUT2D eigenvalue weighted by molar-refractivity contribution is 0.667. The Balaban J connectivity index is 1.69. The topological polar surface area (TPSA) is 0 Å². The summed E-state index contributed by atoms with van der Waals surface area (Å²) in [6.45, 7) is 4.59. The van der Waals surface area contributed by atoms with Gasteiger partial charge in [0.05, 0.1) is 0 Å². The minimum Gasteiger partial charge on any atom is -0.134 e. The van der Waals surface area contributed by atoms with Crippen LogP contribution in [0.5, 0.6) is 0 Å². The number of aryl methyl sites for hydroxylation is 2. The summed E-state index contributed by atoms with van der Waals surface area (Å²) in [5.74, 6) is 0. The zero-order valence-electron chi connectivity index (χ0n) is 20.8. The van der Waals surface area contributed by atoms with Crippen LogP contribution in [0.15, 0.2) is 72.8 Å². The Kier molecular flexibility index (Phi) is 9.59. The monoisotopic (exact) mass is 486 g/mol. The van der Waals surface area contributed by atoms with E-state index in [0.717, 1.165) is 0 Å². The van der Waals surface area contributed by atoms with Crippen molar-refractivity contribution in [2.45, 2.75) is 78.1 Å². The summed E-state index contributed by atoms with van der Waals surface area (Å²) in [5, 5.41) is 0. The molecule has 0 saturated carbocycles. The van der Waals surface area contributed by atoms with Crippen molar-refractivity contribution >= 4 is 22.7 Å². The lowest BCUT2D eigenvalue weighted by Crippen LogP contribution is -1.87. The highest BCUT2D eigenvalue weighted by Gasteiger charge is 2.18.